The van der Waals surface area contributed by atoms with Gasteiger partial charge in [0.1, 0.15) is 5.41 Å². The summed E-state index contributed by atoms with van der Waals surface area (Å²) in [5.74, 6) is 0. The largest absolute Gasteiger partial charge is 0.284 e. The topological polar surface area (TPSA) is 26.3 Å². The van der Waals surface area contributed by atoms with E-state index in [9.17, 15) is 0 Å². The molecule has 0 saturated carbocycles. The van der Waals surface area contributed by atoms with E-state index in [-0.39, 0.29) is 16.5 Å². The van der Waals surface area contributed by atoms with E-state index in [4.69, 9.17) is 4.99 Å². The van der Waals surface area contributed by atoms with Gasteiger partial charge in [0.25, 0.3) is 0 Å². The summed E-state index contributed by atoms with van der Waals surface area (Å²) in [5.41, 5.74) is 8.52. The van der Waals surface area contributed by atoms with Crippen molar-refractivity contribution in [3.05, 3.63) is 34.4 Å². The van der Waals surface area contributed by atoms with Crippen LogP contribution < -0.4 is 4.99 Å². The lowest BCUT2D eigenvalue weighted by molar-refractivity contribution is -0.534. The van der Waals surface area contributed by atoms with Gasteiger partial charge in [-0.1, -0.05) is 11.6 Å². The molecule has 3 aliphatic rings. The second-order valence-corrected chi connectivity index (χ2v) is 9.01. The summed E-state index contributed by atoms with van der Waals surface area (Å²) < 4.78 is 0. The molecule has 0 aromatic rings. The van der Waals surface area contributed by atoms with Crippen LogP contribution in [0.2, 0.25) is 0 Å². The first kappa shape index (κ1) is 16.4. The quantitative estimate of drug-likeness (QED) is 0.708. The highest BCUT2D eigenvalue weighted by Crippen LogP contribution is 2.52. The summed E-state index contributed by atoms with van der Waals surface area (Å²) in [4.78, 5) is 8.72. The van der Waals surface area contributed by atoms with E-state index >= 15 is 0 Å². The fraction of sp³-hybridized carbons (Fsp3) is 0.619. The van der Waals surface area contributed by atoms with Crippen LogP contribution in [-0.4, -0.2) is 22.5 Å². The number of rotatable bonds is 0. The Hall–Kier alpha value is -1.44. The van der Waals surface area contributed by atoms with Gasteiger partial charge in [-0.05, 0) is 77.7 Å². The summed E-state index contributed by atoms with van der Waals surface area (Å²) in [6, 6.07) is 0. The summed E-state index contributed by atoms with van der Waals surface area (Å²) in [5, 5.41) is 0. The molecule has 1 atom stereocenters. The molecule has 1 spiro atoms. The van der Waals surface area contributed by atoms with E-state index in [0.29, 0.717) is 0 Å². The highest BCUT2D eigenvalue weighted by molar-refractivity contribution is 6.00. The molecule has 1 aliphatic carbocycles. The Labute approximate surface area is 141 Å². The van der Waals surface area contributed by atoms with Crippen molar-refractivity contribution in [1.29, 1.82) is 0 Å². The van der Waals surface area contributed by atoms with Gasteiger partial charge in [-0.25, -0.2) is 4.99 Å². The molecule has 0 bridgehead atoms. The molecule has 23 heavy (non-hydrogen) atoms. The Morgan fingerprint density at radius 3 is 2.22 bits per heavy atom. The number of aliphatic imine (C=N–C) groups is 1. The van der Waals surface area contributed by atoms with Gasteiger partial charge >= 0.3 is 0 Å². The number of allylic oxidation sites excluding steroid dienone is 5. The normalized spacial score (nSPS) is 32.0. The molecule has 0 aromatic heterocycles. The average molecular weight is 311 g/mol. The van der Waals surface area contributed by atoms with Crippen LogP contribution in [0.4, 0.5) is 0 Å². The van der Waals surface area contributed by atoms with Crippen LogP contribution in [-0.2, 0) is 0 Å². The molecule has 0 radical (unpaired) electrons. The third-order valence-corrected chi connectivity index (χ3v) is 5.68. The fourth-order valence-electron chi connectivity index (χ4n) is 5.04. The van der Waals surface area contributed by atoms with E-state index < -0.39 is 0 Å². The van der Waals surface area contributed by atoms with E-state index in [2.05, 4.69) is 72.5 Å². The molecule has 0 saturated heterocycles. The van der Waals surface area contributed by atoms with E-state index in [1.165, 1.54) is 28.0 Å². The molecule has 2 heterocycles. The molecule has 2 aliphatic heterocycles. The van der Waals surface area contributed by atoms with Crippen LogP contribution in [0.15, 0.2) is 39.4 Å². The van der Waals surface area contributed by atoms with Crippen molar-refractivity contribution in [2.75, 3.05) is 0 Å². The summed E-state index contributed by atoms with van der Waals surface area (Å²) in [6.07, 6.45) is 6.90. The van der Waals surface area contributed by atoms with Gasteiger partial charge in [-0.15, -0.1) is 0 Å². The van der Waals surface area contributed by atoms with Gasteiger partial charge in [0.15, 0.2) is 11.3 Å². The van der Waals surface area contributed by atoms with E-state index in [0.717, 1.165) is 18.6 Å². The molecule has 0 aromatic carbocycles. The predicted octanol–water partition coefficient (Wildman–Crippen LogP) is 3.54. The van der Waals surface area contributed by atoms with Crippen molar-refractivity contribution in [2.24, 2.45) is 10.4 Å². The molecule has 124 valence electrons. The van der Waals surface area contributed by atoms with Crippen molar-refractivity contribution in [3.8, 4) is 0 Å². The van der Waals surface area contributed by atoms with Crippen molar-refractivity contribution < 1.29 is 4.99 Å². The number of fused-ring (bicyclic) bond motifs is 2. The molecular formula is C21H31N2+. The second kappa shape index (κ2) is 4.78. The summed E-state index contributed by atoms with van der Waals surface area (Å²) in [7, 11) is 0. The lowest BCUT2D eigenvalue weighted by Gasteiger charge is -2.38. The maximum Gasteiger partial charge on any atom is 0.163 e. The predicted molar refractivity (Wildman–Crippen MR) is 99.1 cm³/mol. The minimum Gasteiger partial charge on any atom is -0.284 e. The Morgan fingerprint density at radius 1 is 1.00 bits per heavy atom. The van der Waals surface area contributed by atoms with Crippen LogP contribution in [0.1, 0.15) is 68.2 Å². The fourth-order valence-corrected chi connectivity index (χ4v) is 5.04. The molecule has 0 fully saturated rings. The first-order valence-corrected chi connectivity index (χ1v) is 8.77. The molecule has 0 unspecified atom stereocenters. The van der Waals surface area contributed by atoms with Crippen molar-refractivity contribution in [1.82, 2.24) is 0 Å². The zero-order chi connectivity index (χ0) is 17.2. The minimum atomic E-state index is -0.0331. The van der Waals surface area contributed by atoms with Crippen molar-refractivity contribution >= 4 is 11.4 Å². The van der Waals surface area contributed by atoms with Crippen LogP contribution in [0.5, 0.6) is 0 Å². The van der Waals surface area contributed by atoms with Crippen LogP contribution in [0, 0.1) is 5.41 Å². The van der Waals surface area contributed by atoms with Gasteiger partial charge in [0.2, 0.25) is 0 Å². The third kappa shape index (κ3) is 2.47. The maximum absolute atomic E-state index is 4.96. The van der Waals surface area contributed by atoms with Gasteiger partial charge < -0.3 is 0 Å². The molecule has 3 rings (SSSR count). The van der Waals surface area contributed by atoms with Crippen molar-refractivity contribution in [2.45, 2.75) is 79.3 Å². The Kier molecular flexibility index (Phi) is 3.41. The Balaban J connectivity index is 2.26. The molecular weight excluding hydrogens is 280 g/mol. The van der Waals surface area contributed by atoms with E-state index in [1.54, 1.807) is 0 Å². The minimum absolute atomic E-state index is 0.0234. The number of nitrogens with one attached hydrogen (secondary N) is 1. The van der Waals surface area contributed by atoms with Gasteiger partial charge in [-0.2, -0.15) is 0 Å². The highest BCUT2D eigenvalue weighted by Gasteiger charge is 2.55. The van der Waals surface area contributed by atoms with Crippen molar-refractivity contribution in [3.63, 3.8) is 0 Å². The first-order chi connectivity index (χ1) is 10.5. The van der Waals surface area contributed by atoms with Crippen LogP contribution in [0.25, 0.3) is 0 Å². The zero-order valence-electron chi connectivity index (χ0n) is 16.0. The summed E-state index contributed by atoms with van der Waals surface area (Å²) >= 11 is 0. The maximum atomic E-state index is 4.96. The smallest absolute Gasteiger partial charge is 0.163 e. The first-order valence-electron chi connectivity index (χ1n) is 8.77. The lowest BCUT2D eigenvalue weighted by Crippen LogP contribution is -2.81. The zero-order valence-corrected chi connectivity index (χ0v) is 16.0. The standard InChI is InChI=1S/C21H30N2/c1-13-9-14(2)21(12-20(7,8)23-16(21)4)18-10-15(3)22-19(5,6)11-17(13)18/h9-10H,11-12H2,1-8H3/p+1/t21-/m0/s1. The molecule has 0 amide bonds. The molecule has 2 heteroatoms. The van der Waals surface area contributed by atoms with Crippen LogP contribution in [0.3, 0.4) is 0 Å². The highest BCUT2D eigenvalue weighted by atomic mass is 14.9. The number of hydrogen-bond donors (Lipinski definition) is 1. The van der Waals surface area contributed by atoms with Crippen LogP contribution >= 0.6 is 0 Å². The third-order valence-electron chi connectivity index (χ3n) is 5.68. The average Bonchev–Trinajstić information content (AvgIpc) is 2.52. The lowest BCUT2D eigenvalue weighted by atomic mass is 9.61. The SMILES string of the molecule is CC1=CC(C)=C2CC(C)(C)N=C(C)C=C2[C@@]12CC(C)(C)[NH+]=C2C. The summed E-state index contributed by atoms with van der Waals surface area (Å²) in [6.45, 7) is 18.1. The second-order valence-electron chi connectivity index (χ2n) is 9.01. The van der Waals surface area contributed by atoms with Gasteiger partial charge in [-0.3, -0.25) is 4.99 Å². The van der Waals surface area contributed by atoms with Gasteiger partial charge in [0.05, 0.1) is 5.54 Å². The Morgan fingerprint density at radius 2 is 1.65 bits per heavy atom. The monoisotopic (exact) mass is 311 g/mol. The molecule has 1 N–H and O–H groups in total. The molecule has 2 nitrogen and oxygen atoms in total. The number of nitrogens with zero attached hydrogens (tertiary/aromatic N) is 1. The van der Waals surface area contributed by atoms with E-state index in [1.807, 2.05) is 0 Å². The Bertz CT molecular complexity index is 723. The number of hydrogen-bond acceptors (Lipinski definition) is 1. The van der Waals surface area contributed by atoms with Gasteiger partial charge in [0, 0.05) is 19.1 Å².